The van der Waals surface area contributed by atoms with Gasteiger partial charge in [-0.2, -0.15) is 53.3 Å². The minimum absolute atomic E-state index is 0. The van der Waals surface area contributed by atoms with Crippen LogP contribution in [0.5, 0.6) is 0 Å². The van der Waals surface area contributed by atoms with Gasteiger partial charge in [-0.25, -0.2) is 18.4 Å². The third-order valence-corrected chi connectivity index (χ3v) is 17.0. The lowest BCUT2D eigenvalue weighted by molar-refractivity contribution is -0.144. The summed E-state index contributed by atoms with van der Waals surface area (Å²) < 4.78 is 125. The van der Waals surface area contributed by atoms with Crippen molar-refractivity contribution in [1.29, 1.82) is 0 Å². The maximum Gasteiger partial charge on any atom is 0.416 e. The van der Waals surface area contributed by atoms with E-state index in [-0.39, 0.29) is 107 Å². The zero-order valence-corrected chi connectivity index (χ0v) is 64.5. The molecular formula is C76H103ClF8N6O9S2. The molecule has 6 aromatic rings. The molecule has 0 radical (unpaired) electrons. The van der Waals surface area contributed by atoms with Crippen LogP contribution in [0.3, 0.4) is 0 Å². The Kier molecular flexibility index (Phi) is 36.5. The number of pyridine rings is 2. The summed E-state index contributed by atoms with van der Waals surface area (Å²) >= 11 is 5.83. The summed E-state index contributed by atoms with van der Waals surface area (Å²) in [5, 5.41) is 12.2. The van der Waals surface area contributed by atoms with Gasteiger partial charge >= 0.3 is 30.3 Å². The zero-order valence-electron chi connectivity index (χ0n) is 61.8. The van der Waals surface area contributed by atoms with Crippen molar-refractivity contribution in [1.82, 2.24) is 29.1 Å². The van der Waals surface area contributed by atoms with Crippen molar-refractivity contribution in [2.24, 2.45) is 11.8 Å². The van der Waals surface area contributed by atoms with Gasteiger partial charge in [0.2, 0.25) is 5.91 Å². The summed E-state index contributed by atoms with van der Waals surface area (Å²) in [4.78, 5) is 82.0. The van der Waals surface area contributed by atoms with Gasteiger partial charge in [0.25, 0.3) is 11.1 Å². The molecular weight excluding hydrogens is 1390 g/mol. The quantitative estimate of drug-likeness (QED) is 0.0241. The van der Waals surface area contributed by atoms with E-state index in [0.29, 0.717) is 60.3 Å². The first-order valence-corrected chi connectivity index (χ1v) is 33.8. The Labute approximate surface area is 614 Å². The number of halogens is 9. The molecule has 3 unspecified atom stereocenters. The first-order chi connectivity index (χ1) is 46.5. The van der Waals surface area contributed by atoms with Gasteiger partial charge in [0.15, 0.2) is 0 Å². The number of amides is 1. The molecule has 0 aliphatic carbocycles. The average molecular weight is 1500 g/mol. The minimum atomic E-state index is -4.76. The van der Waals surface area contributed by atoms with E-state index in [1.807, 2.05) is 105 Å². The Morgan fingerprint density at radius 3 is 1.21 bits per heavy atom. The highest BCUT2D eigenvalue weighted by atomic mass is 35.5. The highest BCUT2D eigenvalue weighted by molar-refractivity contribution is 7.59. The SMILES string of the molecule is CC(C)CC(C(=O)O)n1cc(CCCN(C)C)c(C(F)(F)F)cc1=O.CCOC(=O)CC(NCl)c1cc(-c2c(C)cc(C)cc2C)cc(C)c1F.CCOC(=O)C[C@H](NC(=O)C(CC(C)C)n1cc(CCCN(C)C)c(C(F)(F)F)cc1=O)c1cc(-c2c(C)cc(C)cc2C)cc(C)c1F.S.S. The second kappa shape index (κ2) is 40.9. The number of ether oxygens (including phenoxy) is 2. The van der Waals surface area contributed by atoms with Crippen molar-refractivity contribution in [3.63, 3.8) is 0 Å². The molecule has 3 N–H and O–H groups in total. The molecule has 2 heterocycles. The number of hydrogen-bond donors (Lipinski definition) is 3. The molecule has 0 saturated carbocycles. The van der Waals surface area contributed by atoms with Crippen LogP contribution in [-0.4, -0.2) is 102 Å². The van der Waals surface area contributed by atoms with Crippen molar-refractivity contribution in [2.45, 2.75) is 185 Å². The molecule has 0 aliphatic heterocycles. The number of carboxylic acid groups (broad SMARTS) is 1. The molecule has 0 aliphatic rings. The summed E-state index contributed by atoms with van der Waals surface area (Å²) in [5.41, 5.74) is 7.16. The number of carbonyl (C=O) groups excluding carboxylic acids is 3. The van der Waals surface area contributed by atoms with Gasteiger partial charge in [-0.1, -0.05) is 63.1 Å². The lowest BCUT2D eigenvalue weighted by Crippen LogP contribution is -2.41. The monoisotopic (exact) mass is 1490 g/mol. The lowest BCUT2D eigenvalue weighted by atomic mass is 9.89. The van der Waals surface area contributed by atoms with Gasteiger partial charge in [0, 0.05) is 35.7 Å². The smallest absolute Gasteiger partial charge is 0.416 e. The van der Waals surface area contributed by atoms with Crippen molar-refractivity contribution in [3.05, 3.63) is 183 Å². The number of nitrogens with one attached hydrogen (secondary N) is 2. The number of nitrogens with zero attached hydrogens (tertiary/aromatic N) is 4. The van der Waals surface area contributed by atoms with Crippen LogP contribution in [0.4, 0.5) is 35.1 Å². The van der Waals surface area contributed by atoms with E-state index in [1.54, 1.807) is 59.7 Å². The number of aryl methyl sites for hydroxylation is 10. The van der Waals surface area contributed by atoms with Gasteiger partial charge in [-0.3, -0.25) is 24.0 Å². The standard InChI is InChI=1S/C38H49F4N3O4.C21H25ClFNO2.C17H25F3N2O3.2H2S/c1-10-49-34(47)20-31(29-18-28(17-26(7)36(29)39)35-24(5)15-23(4)16-25(35)6)43-37(48)32(14-22(2)3)45-21-27(12-11-13-44(8)9)30(19-33(45)46)38(40,41)42;1-6-26-19(25)11-18(24-22)17-10-16(9-15(5)21(17)23)20-13(3)7-12(2)8-14(20)4;1-11(2)8-14(16(24)25)22-10-12(6-5-7-21(3)4)13(9-15(22)23)17(18,19)20;;/h15-19,21-22,31-32H,10-14,20H2,1-9H3,(H,43,48);7-10,18,24H,6,11H2,1-5H3;9-11,14H,5-8H2,1-4H3,(H,24,25);2*1H2/t31-,32?;;;;/m0..../s1. The first kappa shape index (κ1) is 91.1. The Morgan fingerprint density at radius 2 is 0.882 bits per heavy atom. The fourth-order valence-electron chi connectivity index (χ4n) is 12.5. The predicted molar refractivity (Wildman–Crippen MR) is 397 cm³/mol. The maximum absolute atomic E-state index is 16.0. The van der Waals surface area contributed by atoms with Gasteiger partial charge in [-0.15, -0.1) is 0 Å². The summed E-state index contributed by atoms with van der Waals surface area (Å²) in [6.07, 6.45) is -6.39. The number of carbonyl (C=O) groups is 4. The van der Waals surface area contributed by atoms with Gasteiger partial charge in [-0.05, 0) is 264 Å². The number of carboxylic acids is 1. The second-order valence-electron chi connectivity index (χ2n) is 27.0. The number of aromatic nitrogens is 2. The molecule has 4 aromatic carbocycles. The van der Waals surface area contributed by atoms with E-state index >= 15 is 4.39 Å². The van der Waals surface area contributed by atoms with E-state index in [0.717, 1.165) is 66.0 Å². The van der Waals surface area contributed by atoms with Gasteiger partial charge in [0.1, 0.15) is 23.7 Å². The molecule has 0 saturated heterocycles. The highest BCUT2D eigenvalue weighted by Gasteiger charge is 2.38. The summed E-state index contributed by atoms with van der Waals surface area (Å²) in [5.74, 6) is -4.20. The lowest BCUT2D eigenvalue weighted by Gasteiger charge is -2.27. The van der Waals surface area contributed by atoms with Crippen LogP contribution in [0.1, 0.15) is 182 Å². The fourth-order valence-corrected chi connectivity index (χ4v) is 12.7. The minimum Gasteiger partial charge on any atom is -0.480 e. The topological polar surface area (TPSA) is 182 Å². The molecule has 26 heteroatoms. The number of alkyl halides is 6. The van der Waals surface area contributed by atoms with Crippen molar-refractivity contribution in [3.8, 4) is 22.3 Å². The molecule has 0 bridgehead atoms. The Balaban J connectivity index is 0.000000564. The summed E-state index contributed by atoms with van der Waals surface area (Å²) in [6, 6.07) is 12.0. The van der Waals surface area contributed by atoms with Crippen LogP contribution >= 0.6 is 38.8 Å². The van der Waals surface area contributed by atoms with Crippen molar-refractivity contribution in [2.75, 3.05) is 54.5 Å². The maximum atomic E-state index is 16.0. The number of benzene rings is 4. The van der Waals surface area contributed by atoms with E-state index < -0.39 is 94.8 Å². The molecule has 102 heavy (non-hydrogen) atoms. The van der Waals surface area contributed by atoms with E-state index in [9.17, 15) is 64.6 Å². The third-order valence-electron chi connectivity index (χ3n) is 16.7. The Hall–Kier alpha value is -7.03. The van der Waals surface area contributed by atoms with Crippen LogP contribution in [0.2, 0.25) is 0 Å². The van der Waals surface area contributed by atoms with Crippen LogP contribution in [-0.2, 0) is 53.8 Å². The van der Waals surface area contributed by atoms with Crippen LogP contribution in [0, 0.1) is 78.9 Å². The van der Waals surface area contributed by atoms with Gasteiger partial charge in [0.05, 0.1) is 49.3 Å². The van der Waals surface area contributed by atoms with Crippen molar-refractivity contribution < 1.29 is 68.9 Å². The molecule has 0 fully saturated rings. The van der Waals surface area contributed by atoms with E-state index in [1.165, 1.54) is 5.56 Å². The normalized spacial score (nSPS) is 12.7. The van der Waals surface area contributed by atoms with E-state index in [4.69, 9.17) is 21.3 Å². The Morgan fingerprint density at radius 1 is 0.539 bits per heavy atom. The number of aliphatic carboxylic acids is 1. The van der Waals surface area contributed by atoms with Crippen molar-refractivity contribution >= 4 is 62.6 Å². The molecule has 15 nitrogen and oxygen atoms in total. The van der Waals surface area contributed by atoms with Crippen LogP contribution < -0.4 is 21.3 Å². The van der Waals surface area contributed by atoms with Gasteiger partial charge < -0.3 is 38.8 Å². The third kappa shape index (κ3) is 26.3. The zero-order chi connectivity index (χ0) is 75.6. The average Bonchev–Trinajstić information content (AvgIpc) is 0.795. The molecule has 6 rings (SSSR count). The van der Waals surface area contributed by atoms with Crippen LogP contribution in [0.15, 0.2) is 82.6 Å². The number of esters is 2. The molecule has 0 spiro atoms. The molecule has 2 aromatic heterocycles. The predicted octanol–water partition coefficient (Wildman–Crippen LogP) is 16.5. The molecule has 566 valence electrons. The van der Waals surface area contributed by atoms with Crippen LogP contribution in [0.25, 0.3) is 22.3 Å². The summed E-state index contributed by atoms with van der Waals surface area (Å²) in [6.45, 7) is 27.4. The summed E-state index contributed by atoms with van der Waals surface area (Å²) in [7, 11) is 7.25. The van der Waals surface area contributed by atoms with E-state index in [2.05, 4.69) is 29.2 Å². The second-order valence-corrected chi connectivity index (χ2v) is 27.3. The first-order valence-electron chi connectivity index (χ1n) is 33.5. The molecule has 4 atom stereocenters. The largest absolute Gasteiger partial charge is 0.480 e. The number of hydrogen-bond acceptors (Lipinski definition) is 11. The Bertz CT molecular complexity index is 3910. The number of rotatable bonds is 28. The highest BCUT2D eigenvalue weighted by Crippen LogP contribution is 2.38. The fraction of sp³-hybridized carbons (Fsp3) is 0.500. The molecule has 1 amide bonds.